The molecule has 4 rings (SSSR count). The van der Waals surface area contributed by atoms with Crippen LogP contribution in [-0.2, 0) is 0 Å². The number of halogens is 1. The smallest absolute Gasteiger partial charge is 0.148 e. The monoisotopic (exact) mass is 341 g/mol. The fourth-order valence-corrected chi connectivity index (χ4v) is 4.06. The van der Waals surface area contributed by atoms with Crippen molar-refractivity contribution < 1.29 is 4.39 Å². The van der Waals surface area contributed by atoms with Crippen LogP contribution < -0.4 is 5.32 Å². The minimum Gasteiger partial charge on any atom is -0.357 e. The van der Waals surface area contributed by atoms with Crippen molar-refractivity contribution in [1.82, 2.24) is 9.97 Å². The van der Waals surface area contributed by atoms with Crippen molar-refractivity contribution in [2.24, 2.45) is 0 Å². The molecule has 0 fully saturated rings. The Bertz CT molecular complexity index is 917. The fraction of sp³-hybridized carbons (Fsp3) is 0.0588. The fourth-order valence-electron chi connectivity index (χ4n) is 2.46. The lowest BCUT2D eigenvalue weighted by atomic mass is 10.1. The summed E-state index contributed by atoms with van der Waals surface area (Å²) in [5, 5.41) is 7.53. The molecule has 0 spiro atoms. The molecule has 3 nitrogen and oxygen atoms in total. The number of nitrogens with one attached hydrogen (secondary N) is 1. The first kappa shape index (κ1) is 14.3. The third-order valence-electron chi connectivity index (χ3n) is 3.56. The summed E-state index contributed by atoms with van der Waals surface area (Å²) in [6.07, 6.45) is 1.56. The first-order valence-electron chi connectivity index (χ1n) is 7.05. The highest BCUT2D eigenvalue weighted by molar-refractivity contribution is 7.17. The van der Waals surface area contributed by atoms with Crippen molar-refractivity contribution in [1.29, 1.82) is 0 Å². The van der Waals surface area contributed by atoms with Crippen molar-refractivity contribution in [3.05, 3.63) is 75.8 Å². The molecular weight excluding hydrogens is 329 g/mol. The predicted octanol–water partition coefficient (Wildman–Crippen LogP) is 5.09. The molecule has 0 saturated carbocycles. The zero-order chi connectivity index (χ0) is 15.6. The molecule has 3 heterocycles. The second-order valence-electron chi connectivity index (χ2n) is 5.00. The molecular formula is C17H12FN3S2. The zero-order valence-electron chi connectivity index (χ0n) is 11.9. The lowest BCUT2D eigenvalue weighted by Gasteiger charge is -2.19. The Hall–Kier alpha value is -2.31. The highest BCUT2D eigenvalue weighted by Crippen LogP contribution is 2.33. The Morgan fingerprint density at radius 1 is 0.957 bits per heavy atom. The molecule has 1 atom stereocenters. The van der Waals surface area contributed by atoms with E-state index in [1.807, 2.05) is 22.9 Å². The maximum Gasteiger partial charge on any atom is 0.148 e. The van der Waals surface area contributed by atoms with Crippen molar-refractivity contribution >= 4 is 38.7 Å². The highest BCUT2D eigenvalue weighted by atomic mass is 32.1. The molecule has 23 heavy (non-hydrogen) atoms. The third-order valence-corrected chi connectivity index (χ3v) is 5.40. The molecule has 6 heteroatoms. The van der Waals surface area contributed by atoms with Crippen LogP contribution in [0.4, 0.5) is 10.2 Å². The predicted molar refractivity (Wildman–Crippen MR) is 93.6 cm³/mol. The van der Waals surface area contributed by atoms with Gasteiger partial charge in [0.15, 0.2) is 0 Å². The molecule has 0 saturated heterocycles. The SMILES string of the molecule is Fc1ccc(C(Nc2ncnc3ccsc23)c2cccs2)cc1. The Labute approximate surface area is 140 Å². The summed E-state index contributed by atoms with van der Waals surface area (Å²) in [7, 11) is 0. The molecule has 1 unspecified atom stereocenters. The van der Waals surface area contributed by atoms with E-state index in [0.29, 0.717) is 0 Å². The van der Waals surface area contributed by atoms with Gasteiger partial charge in [-0.05, 0) is 40.6 Å². The van der Waals surface area contributed by atoms with E-state index in [9.17, 15) is 4.39 Å². The third kappa shape index (κ3) is 2.83. The first-order chi connectivity index (χ1) is 11.3. The highest BCUT2D eigenvalue weighted by Gasteiger charge is 2.17. The maximum atomic E-state index is 13.2. The van der Waals surface area contributed by atoms with Crippen LogP contribution in [0.5, 0.6) is 0 Å². The molecule has 0 amide bonds. The normalized spacial score (nSPS) is 12.4. The average molecular weight is 341 g/mol. The summed E-state index contributed by atoms with van der Waals surface area (Å²) in [4.78, 5) is 9.81. The van der Waals surface area contributed by atoms with Gasteiger partial charge in [0.25, 0.3) is 0 Å². The van der Waals surface area contributed by atoms with E-state index in [4.69, 9.17) is 0 Å². The van der Waals surface area contributed by atoms with Crippen LogP contribution in [0.1, 0.15) is 16.5 Å². The molecule has 0 aliphatic rings. The van der Waals surface area contributed by atoms with Gasteiger partial charge in [0.1, 0.15) is 18.0 Å². The van der Waals surface area contributed by atoms with E-state index in [-0.39, 0.29) is 11.9 Å². The van der Waals surface area contributed by atoms with Gasteiger partial charge < -0.3 is 5.32 Å². The summed E-state index contributed by atoms with van der Waals surface area (Å²) in [5.41, 5.74) is 1.92. The molecule has 0 bridgehead atoms. The zero-order valence-corrected chi connectivity index (χ0v) is 13.6. The van der Waals surface area contributed by atoms with Gasteiger partial charge in [-0.15, -0.1) is 22.7 Å². The minimum absolute atomic E-state index is 0.0733. The van der Waals surface area contributed by atoms with Crippen LogP contribution in [0.2, 0.25) is 0 Å². The Morgan fingerprint density at radius 2 is 1.83 bits per heavy atom. The first-order valence-corrected chi connectivity index (χ1v) is 8.81. The van der Waals surface area contributed by atoms with Gasteiger partial charge in [-0.2, -0.15) is 0 Å². The van der Waals surface area contributed by atoms with E-state index >= 15 is 0 Å². The van der Waals surface area contributed by atoms with Crippen molar-refractivity contribution in [2.45, 2.75) is 6.04 Å². The largest absolute Gasteiger partial charge is 0.357 e. The van der Waals surface area contributed by atoms with Crippen LogP contribution in [-0.4, -0.2) is 9.97 Å². The van der Waals surface area contributed by atoms with Crippen molar-refractivity contribution in [2.75, 3.05) is 5.32 Å². The number of aromatic nitrogens is 2. The van der Waals surface area contributed by atoms with E-state index in [2.05, 4.69) is 21.4 Å². The molecule has 0 radical (unpaired) electrons. The second kappa shape index (κ2) is 6.06. The lowest BCUT2D eigenvalue weighted by molar-refractivity contribution is 0.626. The van der Waals surface area contributed by atoms with Gasteiger partial charge in [0.2, 0.25) is 0 Å². The van der Waals surface area contributed by atoms with Gasteiger partial charge in [-0.3, -0.25) is 0 Å². The van der Waals surface area contributed by atoms with Crippen LogP contribution in [0, 0.1) is 5.82 Å². The van der Waals surface area contributed by atoms with Crippen LogP contribution in [0.3, 0.4) is 0 Å². The number of hydrogen-bond acceptors (Lipinski definition) is 5. The number of thiophene rings is 2. The summed E-state index contributed by atoms with van der Waals surface area (Å²) in [5.74, 6) is 0.564. The van der Waals surface area contributed by atoms with Crippen LogP contribution in [0.15, 0.2) is 59.6 Å². The summed E-state index contributed by atoms with van der Waals surface area (Å²) in [6.45, 7) is 0. The molecule has 114 valence electrons. The molecule has 1 aromatic carbocycles. The van der Waals surface area contributed by atoms with Crippen molar-refractivity contribution in [3.63, 3.8) is 0 Å². The lowest BCUT2D eigenvalue weighted by Crippen LogP contribution is -2.12. The second-order valence-corrected chi connectivity index (χ2v) is 6.90. The maximum absolute atomic E-state index is 13.2. The Morgan fingerprint density at radius 3 is 2.61 bits per heavy atom. The number of anilines is 1. The number of hydrogen-bond donors (Lipinski definition) is 1. The van der Waals surface area contributed by atoms with Gasteiger partial charge in [-0.1, -0.05) is 18.2 Å². The van der Waals surface area contributed by atoms with Crippen LogP contribution >= 0.6 is 22.7 Å². The summed E-state index contributed by atoms with van der Waals surface area (Å²) < 4.78 is 14.3. The van der Waals surface area contributed by atoms with Gasteiger partial charge in [-0.25, -0.2) is 14.4 Å². The van der Waals surface area contributed by atoms with Crippen molar-refractivity contribution in [3.8, 4) is 0 Å². The summed E-state index contributed by atoms with van der Waals surface area (Å²) >= 11 is 3.27. The number of benzene rings is 1. The minimum atomic E-state index is -0.235. The average Bonchev–Trinajstić information content (AvgIpc) is 3.25. The molecule has 0 aliphatic carbocycles. The molecule has 0 aliphatic heterocycles. The van der Waals surface area contributed by atoms with E-state index < -0.39 is 0 Å². The molecule has 1 N–H and O–H groups in total. The van der Waals surface area contributed by atoms with Gasteiger partial charge >= 0.3 is 0 Å². The van der Waals surface area contributed by atoms with E-state index in [1.165, 1.54) is 12.1 Å². The molecule has 3 aromatic heterocycles. The Kier molecular flexibility index (Phi) is 3.77. The quantitative estimate of drug-likeness (QED) is 0.561. The number of nitrogens with zero attached hydrogens (tertiary/aromatic N) is 2. The standard InChI is InChI=1S/C17H12FN3S2/c18-12-5-3-11(4-6-12)15(14-2-1-8-22-14)21-17-16-13(7-9-23-16)19-10-20-17/h1-10,15H,(H,19,20,21). The van der Waals surface area contributed by atoms with Gasteiger partial charge in [0.05, 0.1) is 16.3 Å². The number of rotatable bonds is 4. The number of fused-ring (bicyclic) bond motifs is 1. The van der Waals surface area contributed by atoms with E-state index in [1.54, 1.807) is 41.1 Å². The van der Waals surface area contributed by atoms with Gasteiger partial charge in [0, 0.05) is 4.88 Å². The van der Waals surface area contributed by atoms with Crippen LogP contribution in [0.25, 0.3) is 10.2 Å². The topological polar surface area (TPSA) is 37.8 Å². The summed E-state index contributed by atoms with van der Waals surface area (Å²) in [6, 6.07) is 12.6. The van der Waals surface area contributed by atoms with E-state index in [0.717, 1.165) is 26.5 Å². The molecule has 4 aromatic rings. The Balaban J connectivity index is 1.77.